The summed E-state index contributed by atoms with van der Waals surface area (Å²) in [6.07, 6.45) is 0. The largest absolute Gasteiger partial charge is 0.399 e. The first-order valence-corrected chi connectivity index (χ1v) is 2.20. The van der Waals surface area contributed by atoms with Crippen LogP contribution < -0.4 is 5.73 Å². The topological polar surface area (TPSA) is 26.0 Å². The van der Waals surface area contributed by atoms with Gasteiger partial charge in [0.05, 0.1) is 0 Å². The van der Waals surface area contributed by atoms with Crippen LogP contribution in [0.4, 0.5) is 5.69 Å². The summed E-state index contributed by atoms with van der Waals surface area (Å²) in [7, 11) is 0. The summed E-state index contributed by atoms with van der Waals surface area (Å²) >= 11 is 0. The summed E-state index contributed by atoms with van der Waals surface area (Å²) in [5.41, 5.74) is 6.18. The Morgan fingerprint density at radius 3 is 1.75 bits per heavy atom. The summed E-state index contributed by atoms with van der Waals surface area (Å²) < 4.78 is 0. The second-order valence-corrected chi connectivity index (χ2v) is 1.41. The first-order chi connectivity index (χ1) is 3.39. The molecule has 0 aliphatic rings. The molecule has 2 N–H and O–H groups in total. The van der Waals surface area contributed by atoms with Crippen LogP contribution in [0.15, 0.2) is 30.3 Å². The van der Waals surface area contributed by atoms with Crippen molar-refractivity contribution in [1.82, 2.24) is 0 Å². The van der Waals surface area contributed by atoms with Crippen molar-refractivity contribution in [3.05, 3.63) is 30.3 Å². The van der Waals surface area contributed by atoms with E-state index in [-0.39, 0.29) is 19.5 Å². The number of rotatable bonds is 0. The van der Waals surface area contributed by atoms with Gasteiger partial charge in [-0.15, -0.1) is 0 Å². The molecule has 1 aromatic carbocycles. The molecule has 0 bridgehead atoms. The van der Waals surface area contributed by atoms with E-state index in [0.29, 0.717) is 0 Å². The van der Waals surface area contributed by atoms with Crippen molar-refractivity contribution in [3.63, 3.8) is 0 Å². The van der Waals surface area contributed by atoms with E-state index in [0.717, 1.165) is 5.69 Å². The summed E-state index contributed by atoms with van der Waals surface area (Å²) in [6.45, 7) is 0. The van der Waals surface area contributed by atoms with Crippen molar-refractivity contribution in [2.24, 2.45) is 0 Å². The maximum absolute atomic E-state index is 5.36. The Morgan fingerprint density at radius 2 is 1.50 bits per heavy atom. The second kappa shape index (κ2) is 3.62. The average molecular weight is 196 g/mol. The summed E-state index contributed by atoms with van der Waals surface area (Å²) in [5, 5.41) is 0. The van der Waals surface area contributed by atoms with E-state index in [1.165, 1.54) is 0 Å². The fourth-order valence-corrected chi connectivity index (χ4v) is 0.453. The summed E-state index contributed by atoms with van der Waals surface area (Å²) in [6, 6.07) is 9.49. The molecule has 1 rings (SSSR count). The quantitative estimate of drug-likeness (QED) is 0.490. The van der Waals surface area contributed by atoms with Crippen molar-refractivity contribution in [2.75, 3.05) is 5.73 Å². The van der Waals surface area contributed by atoms with Crippen molar-refractivity contribution in [1.29, 1.82) is 0 Å². The molecule has 45 valence electrons. The standard InChI is InChI=1S/C6H7N.Rh/c7-6-4-2-1-3-5-6;/h1-5H,7H2;. The van der Waals surface area contributed by atoms with Gasteiger partial charge in [-0.05, 0) is 12.1 Å². The molecule has 0 spiro atoms. The van der Waals surface area contributed by atoms with Gasteiger partial charge in [0.25, 0.3) is 0 Å². The molecule has 0 aliphatic heterocycles. The molecule has 0 heterocycles. The third-order valence-electron chi connectivity index (χ3n) is 0.800. The van der Waals surface area contributed by atoms with E-state index in [9.17, 15) is 0 Å². The van der Waals surface area contributed by atoms with Crippen LogP contribution in [-0.2, 0) is 19.5 Å². The number of para-hydroxylation sites is 1. The first-order valence-electron chi connectivity index (χ1n) is 2.20. The number of hydrogen-bond acceptors (Lipinski definition) is 1. The smallest absolute Gasteiger partial charge is 0.0313 e. The van der Waals surface area contributed by atoms with Crippen molar-refractivity contribution in [3.8, 4) is 0 Å². The first kappa shape index (κ1) is 7.64. The molecular weight excluding hydrogens is 189 g/mol. The van der Waals surface area contributed by atoms with Crippen molar-refractivity contribution >= 4 is 5.69 Å². The van der Waals surface area contributed by atoms with Crippen LogP contribution in [-0.4, -0.2) is 0 Å². The zero-order valence-corrected chi connectivity index (χ0v) is 5.94. The van der Waals surface area contributed by atoms with E-state index in [2.05, 4.69) is 0 Å². The van der Waals surface area contributed by atoms with Gasteiger partial charge in [0, 0.05) is 25.2 Å². The zero-order chi connectivity index (χ0) is 5.11. The minimum absolute atomic E-state index is 0. The molecule has 0 aromatic heterocycles. The van der Waals surface area contributed by atoms with E-state index >= 15 is 0 Å². The fraction of sp³-hybridized carbons (Fsp3) is 0. The van der Waals surface area contributed by atoms with Crippen LogP contribution in [0.1, 0.15) is 0 Å². The predicted octanol–water partition coefficient (Wildman–Crippen LogP) is 1.27. The number of benzene rings is 1. The van der Waals surface area contributed by atoms with Crippen LogP contribution in [0.25, 0.3) is 0 Å². The molecular formula is C6H7NRh. The minimum atomic E-state index is 0. The Morgan fingerprint density at radius 1 is 1.00 bits per heavy atom. The van der Waals surface area contributed by atoms with Crippen LogP contribution in [0, 0.1) is 0 Å². The minimum Gasteiger partial charge on any atom is -0.399 e. The molecule has 0 saturated heterocycles. The van der Waals surface area contributed by atoms with Gasteiger partial charge in [0.1, 0.15) is 0 Å². The zero-order valence-electron chi connectivity index (χ0n) is 4.30. The Kier molecular flexibility index (Phi) is 3.46. The van der Waals surface area contributed by atoms with Gasteiger partial charge in [-0.25, -0.2) is 0 Å². The van der Waals surface area contributed by atoms with E-state index in [1.54, 1.807) is 0 Å². The normalized spacial score (nSPS) is 7.50. The molecule has 0 fully saturated rings. The van der Waals surface area contributed by atoms with Crippen molar-refractivity contribution in [2.45, 2.75) is 0 Å². The fourth-order valence-electron chi connectivity index (χ4n) is 0.453. The molecule has 1 radical (unpaired) electrons. The van der Waals surface area contributed by atoms with Gasteiger partial charge in [0.2, 0.25) is 0 Å². The third kappa shape index (κ3) is 2.08. The van der Waals surface area contributed by atoms with Gasteiger partial charge in [-0.3, -0.25) is 0 Å². The van der Waals surface area contributed by atoms with Gasteiger partial charge in [-0.2, -0.15) is 0 Å². The Balaban J connectivity index is 0.000000490. The molecule has 0 saturated carbocycles. The molecule has 0 atom stereocenters. The second-order valence-electron chi connectivity index (χ2n) is 1.41. The molecule has 8 heavy (non-hydrogen) atoms. The molecule has 0 amide bonds. The molecule has 1 nitrogen and oxygen atoms in total. The molecule has 0 unspecified atom stereocenters. The molecule has 2 heteroatoms. The van der Waals surface area contributed by atoms with Crippen LogP contribution in [0.5, 0.6) is 0 Å². The van der Waals surface area contributed by atoms with Gasteiger partial charge >= 0.3 is 0 Å². The Labute approximate surface area is 61.7 Å². The average Bonchev–Trinajstić information content (AvgIpc) is 1.69. The number of nitrogens with two attached hydrogens (primary N) is 1. The Hall–Kier alpha value is -0.357. The van der Waals surface area contributed by atoms with Crippen molar-refractivity contribution < 1.29 is 19.5 Å². The number of anilines is 1. The number of nitrogen functional groups attached to an aromatic ring is 1. The van der Waals surface area contributed by atoms with Gasteiger partial charge in [0.15, 0.2) is 0 Å². The van der Waals surface area contributed by atoms with E-state index in [1.807, 2.05) is 30.3 Å². The van der Waals surface area contributed by atoms with Gasteiger partial charge < -0.3 is 5.73 Å². The van der Waals surface area contributed by atoms with Gasteiger partial charge in [-0.1, -0.05) is 18.2 Å². The molecule has 0 aliphatic carbocycles. The Bertz CT molecular complexity index is 138. The number of hydrogen-bond donors (Lipinski definition) is 1. The maximum Gasteiger partial charge on any atom is 0.0313 e. The third-order valence-corrected chi connectivity index (χ3v) is 0.800. The van der Waals surface area contributed by atoms with E-state index in [4.69, 9.17) is 5.73 Å². The summed E-state index contributed by atoms with van der Waals surface area (Å²) in [5.74, 6) is 0. The molecule has 1 aromatic rings. The summed E-state index contributed by atoms with van der Waals surface area (Å²) in [4.78, 5) is 0. The van der Waals surface area contributed by atoms with Crippen LogP contribution >= 0.6 is 0 Å². The van der Waals surface area contributed by atoms with Crippen LogP contribution in [0.3, 0.4) is 0 Å². The van der Waals surface area contributed by atoms with Crippen LogP contribution in [0.2, 0.25) is 0 Å². The SMILES string of the molecule is Nc1ccccc1.[Rh]. The predicted molar refractivity (Wildman–Crippen MR) is 30.9 cm³/mol. The monoisotopic (exact) mass is 196 g/mol. The van der Waals surface area contributed by atoms with E-state index < -0.39 is 0 Å². The maximum atomic E-state index is 5.36.